The van der Waals surface area contributed by atoms with Crippen molar-refractivity contribution in [2.75, 3.05) is 19.6 Å². The number of guanidine groups is 1. The van der Waals surface area contributed by atoms with Crippen molar-refractivity contribution in [2.24, 2.45) is 4.99 Å². The lowest BCUT2D eigenvalue weighted by atomic mass is 9.96. The van der Waals surface area contributed by atoms with Gasteiger partial charge in [0.2, 0.25) is 18.3 Å². The van der Waals surface area contributed by atoms with Gasteiger partial charge in [-0.3, -0.25) is 9.59 Å². The van der Waals surface area contributed by atoms with Crippen LogP contribution in [0.25, 0.3) is 11.0 Å². The van der Waals surface area contributed by atoms with E-state index in [0.717, 1.165) is 18.2 Å². The number of nitrogens with one attached hydrogen (secondary N) is 2. The molecule has 0 bridgehead atoms. The lowest BCUT2D eigenvalue weighted by molar-refractivity contribution is -0.139. The van der Waals surface area contributed by atoms with Crippen LogP contribution in [-0.4, -0.2) is 64.4 Å². The van der Waals surface area contributed by atoms with Crippen LogP contribution in [0.1, 0.15) is 44.7 Å². The topological polar surface area (TPSA) is 151 Å². The first-order valence-electron chi connectivity index (χ1n) is 12.5. The molecule has 11 nitrogen and oxygen atoms in total. The quantitative estimate of drug-likeness (QED) is 0.178. The van der Waals surface area contributed by atoms with Gasteiger partial charge in [-0.1, -0.05) is 29.3 Å². The first kappa shape index (κ1) is 27.3. The van der Waals surface area contributed by atoms with Gasteiger partial charge in [0.25, 0.3) is 11.8 Å². The summed E-state index contributed by atoms with van der Waals surface area (Å²) in [6.07, 6.45) is 3.75. The van der Waals surface area contributed by atoms with Gasteiger partial charge in [0.15, 0.2) is 0 Å². The second kappa shape index (κ2) is 11.5. The molecule has 3 aromatic rings. The van der Waals surface area contributed by atoms with E-state index in [1.54, 1.807) is 40.5 Å². The molecule has 206 valence electrons. The molecule has 3 N–H and O–H groups in total. The summed E-state index contributed by atoms with van der Waals surface area (Å²) in [6, 6.07) is 8.65. The Kier molecular flexibility index (Phi) is 7.82. The number of hydrogen-bond donors (Lipinski definition) is 3. The molecular weight excluding hydrogens is 559 g/mol. The maximum absolute atomic E-state index is 13.2. The predicted octanol–water partition coefficient (Wildman–Crippen LogP) is 3.60. The van der Waals surface area contributed by atoms with Crippen molar-refractivity contribution < 1.29 is 23.9 Å². The van der Waals surface area contributed by atoms with Crippen LogP contribution in [0.15, 0.2) is 46.0 Å². The first-order valence-corrected chi connectivity index (χ1v) is 13.3. The molecule has 1 aromatic heterocycles. The zero-order chi connectivity index (χ0) is 28.4. The number of carbonyl (C=O) groups excluding carboxylic acids is 2. The average molecular weight is 583 g/mol. The van der Waals surface area contributed by atoms with E-state index in [4.69, 9.17) is 32.9 Å². The zero-order valence-electron chi connectivity index (χ0n) is 21.1. The Bertz CT molecular complexity index is 1570. The molecule has 1 fully saturated rings. The minimum atomic E-state index is -1.59. The number of halogens is 2. The monoisotopic (exact) mass is 582 g/mol. The fourth-order valence-corrected chi connectivity index (χ4v) is 5.73. The number of rotatable bonds is 5. The van der Waals surface area contributed by atoms with Crippen LogP contribution in [0.5, 0.6) is 0 Å². The SMILES string of the molecule is N#C/N=C(/N[C@H](NC(=O)c1c(Cl)cc2c(c1Cl)CCN(C(=O)c1ccc3ccoc3c1)C2)C(=O)O)N1CCCC1. The minimum absolute atomic E-state index is 0.0159. The molecule has 0 spiro atoms. The van der Waals surface area contributed by atoms with Crippen molar-refractivity contribution in [3.05, 3.63) is 68.9 Å². The molecule has 3 heterocycles. The molecule has 2 aromatic carbocycles. The number of aliphatic imine (C=N–C) groups is 1. The number of carboxylic acids is 1. The molecule has 5 rings (SSSR count). The highest BCUT2D eigenvalue weighted by Gasteiger charge is 2.31. The van der Waals surface area contributed by atoms with Gasteiger partial charge in [-0.15, -0.1) is 4.99 Å². The van der Waals surface area contributed by atoms with Crippen LogP contribution in [0.3, 0.4) is 0 Å². The number of fused-ring (bicyclic) bond motifs is 2. The highest BCUT2D eigenvalue weighted by molar-refractivity contribution is 6.40. The highest BCUT2D eigenvalue weighted by Crippen LogP contribution is 2.35. The van der Waals surface area contributed by atoms with Crippen molar-refractivity contribution in [3.8, 4) is 6.19 Å². The second-order valence-corrected chi connectivity index (χ2v) is 10.2. The van der Waals surface area contributed by atoms with E-state index in [1.807, 2.05) is 12.1 Å². The van der Waals surface area contributed by atoms with E-state index in [2.05, 4.69) is 15.6 Å². The van der Waals surface area contributed by atoms with Crippen LogP contribution in [0.2, 0.25) is 10.0 Å². The standard InChI is InChI=1S/C27H24Cl2N6O5/c28-19-11-17-13-35(25(37)16-4-3-15-6-10-40-20(15)12-16)9-5-18(17)22(29)21(19)24(36)32-23(26(38)39)33-27(31-14-30)34-7-1-2-8-34/h3-4,6,10-12,23H,1-2,5,7-9,13H2,(H,31,33)(H,32,36)(H,38,39)/t23-/m0/s1. The van der Waals surface area contributed by atoms with E-state index in [9.17, 15) is 19.5 Å². The van der Waals surface area contributed by atoms with Crippen LogP contribution in [0, 0.1) is 11.5 Å². The van der Waals surface area contributed by atoms with Gasteiger partial charge in [0.1, 0.15) is 5.58 Å². The maximum Gasteiger partial charge on any atom is 0.347 e. The summed E-state index contributed by atoms with van der Waals surface area (Å²) in [5.41, 5.74) is 2.38. The largest absolute Gasteiger partial charge is 0.478 e. The number of likely N-dealkylation sites (tertiary alicyclic amines) is 1. The van der Waals surface area contributed by atoms with Crippen LogP contribution in [-0.2, 0) is 17.8 Å². The van der Waals surface area contributed by atoms with Gasteiger partial charge in [-0.25, -0.2) is 4.79 Å². The third-order valence-electron chi connectivity index (χ3n) is 6.98. The van der Waals surface area contributed by atoms with E-state index >= 15 is 0 Å². The Balaban J connectivity index is 1.34. The summed E-state index contributed by atoms with van der Waals surface area (Å²) in [6.45, 7) is 1.79. The molecule has 13 heteroatoms. The number of carbonyl (C=O) groups is 3. The Morgan fingerprint density at radius 2 is 1.85 bits per heavy atom. The summed E-state index contributed by atoms with van der Waals surface area (Å²) in [5, 5.41) is 24.8. The molecule has 0 aliphatic carbocycles. The fraction of sp³-hybridized carbons (Fsp3) is 0.296. The van der Waals surface area contributed by atoms with Gasteiger partial charge in [-0.05, 0) is 54.7 Å². The molecule has 40 heavy (non-hydrogen) atoms. The summed E-state index contributed by atoms with van der Waals surface area (Å²) >= 11 is 13.1. The molecule has 2 aliphatic rings. The van der Waals surface area contributed by atoms with E-state index in [1.165, 1.54) is 0 Å². The molecule has 0 saturated carbocycles. The van der Waals surface area contributed by atoms with E-state index < -0.39 is 18.0 Å². The highest BCUT2D eigenvalue weighted by atomic mass is 35.5. The number of amides is 2. The summed E-state index contributed by atoms with van der Waals surface area (Å²) < 4.78 is 5.41. The van der Waals surface area contributed by atoms with Crippen molar-refractivity contribution in [2.45, 2.75) is 32.0 Å². The third kappa shape index (κ3) is 5.41. The van der Waals surface area contributed by atoms with Gasteiger partial charge >= 0.3 is 5.97 Å². The summed E-state index contributed by atoms with van der Waals surface area (Å²) in [7, 11) is 0. The molecule has 1 saturated heterocycles. The average Bonchev–Trinajstić information content (AvgIpc) is 3.63. The minimum Gasteiger partial charge on any atom is -0.478 e. The van der Waals surface area contributed by atoms with Crippen molar-refractivity contribution >= 4 is 57.9 Å². The zero-order valence-corrected chi connectivity index (χ0v) is 22.6. The molecule has 0 radical (unpaired) electrons. The normalized spacial score (nSPS) is 15.9. The van der Waals surface area contributed by atoms with Crippen LogP contribution < -0.4 is 10.6 Å². The summed E-state index contributed by atoms with van der Waals surface area (Å²) in [5.74, 6) is -2.31. The molecule has 2 aliphatic heterocycles. The second-order valence-electron chi connectivity index (χ2n) is 9.45. The Labute approximate surface area is 238 Å². The summed E-state index contributed by atoms with van der Waals surface area (Å²) in [4.78, 5) is 45.5. The maximum atomic E-state index is 13.2. The molecule has 2 amide bonds. The lowest BCUT2D eigenvalue weighted by Crippen LogP contribution is -2.56. The molecule has 1 atom stereocenters. The Morgan fingerprint density at radius 1 is 1.07 bits per heavy atom. The van der Waals surface area contributed by atoms with Gasteiger partial charge in [0.05, 0.1) is 21.9 Å². The van der Waals surface area contributed by atoms with Crippen molar-refractivity contribution in [1.29, 1.82) is 5.26 Å². The smallest absolute Gasteiger partial charge is 0.347 e. The van der Waals surface area contributed by atoms with Crippen molar-refractivity contribution in [3.63, 3.8) is 0 Å². The number of hydrogen-bond acceptors (Lipinski definition) is 6. The number of furan rings is 1. The predicted molar refractivity (Wildman–Crippen MR) is 147 cm³/mol. The number of benzene rings is 2. The fourth-order valence-electron chi connectivity index (χ4n) is 4.97. The Morgan fingerprint density at radius 3 is 2.58 bits per heavy atom. The third-order valence-corrected chi connectivity index (χ3v) is 7.69. The van der Waals surface area contributed by atoms with Gasteiger partial charge in [-0.2, -0.15) is 5.26 Å². The van der Waals surface area contributed by atoms with Crippen molar-refractivity contribution in [1.82, 2.24) is 20.4 Å². The van der Waals surface area contributed by atoms with E-state index in [-0.39, 0.29) is 34.0 Å². The molecule has 0 unspecified atom stereocenters. The number of nitrogens with zero attached hydrogens (tertiary/aromatic N) is 4. The van der Waals surface area contributed by atoms with E-state index in [0.29, 0.717) is 48.3 Å². The van der Waals surface area contributed by atoms with Gasteiger partial charge in [0, 0.05) is 37.1 Å². The lowest BCUT2D eigenvalue weighted by Gasteiger charge is -2.30. The number of nitriles is 1. The number of carboxylic acid groups (broad SMARTS) is 1. The first-order chi connectivity index (χ1) is 19.3. The Hall–Kier alpha value is -4.27. The van der Waals surface area contributed by atoms with Crippen LogP contribution in [0.4, 0.5) is 0 Å². The van der Waals surface area contributed by atoms with Crippen LogP contribution >= 0.6 is 23.2 Å². The number of aliphatic carboxylic acids is 1. The molecular formula is C27H24Cl2N6O5. The van der Waals surface area contributed by atoms with Gasteiger partial charge < -0.3 is 30.0 Å².